The first kappa shape index (κ1) is 18.9. The number of carbonyl (C=O) groups is 2. The summed E-state index contributed by atoms with van der Waals surface area (Å²) in [6.45, 7) is 3.51. The lowest BCUT2D eigenvalue weighted by molar-refractivity contribution is -0.883. The summed E-state index contributed by atoms with van der Waals surface area (Å²) in [6.07, 6.45) is 2.10. The van der Waals surface area contributed by atoms with Gasteiger partial charge in [-0.2, -0.15) is 0 Å². The molecule has 154 valence electrons. The van der Waals surface area contributed by atoms with E-state index in [1.165, 1.54) is 4.90 Å². The fourth-order valence-electron chi connectivity index (χ4n) is 4.84. The van der Waals surface area contributed by atoms with E-state index in [1.54, 1.807) is 4.90 Å². The minimum absolute atomic E-state index is 0.0360. The molecule has 2 aliphatic rings. The molecule has 0 spiro atoms. The number of likely N-dealkylation sites (N-methyl/N-ethyl adjacent to an activating group) is 1. The zero-order chi connectivity index (χ0) is 20.8. The Hall–Kier alpha value is -3.12. The number of carbonyl (C=O) groups excluding carboxylic acids is 2. The van der Waals surface area contributed by atoms with Crippen molar-refractivity contribution in [3.05, 3.63) is 71.4 Å². The highest BCUT2D eigenvalue weighted by Crippen LogP contribution is 2.41. The summed E-state index contributed by atoms with van der Waals surface area (Å²) in [6, 6.07) is 15.7. The second-order valence-corrected chi connectivity index (χ2v) is 8.47. The van der Waals surface area contributed by atoms with E-state index in [2.05, 4.69) is 29.9 Å². The molecule has 2 aromatic carbocycles. The largest absolute Gasteiger partial charge is 0.350 e. The van der Waals surface area contributed by atoms with Gasteiger partial charge in [-0.25, -0.2) is 0 Å². The maximum atomic E-state index is 13.3. The van der Waals surface area contributed by atoms with E-state index in [0.29, 0.717) is 5.56 Å². The summed E-state index contributed by atoms with van der Waals surface area (Å²) in [5.41, 5.74) is 3.88. The van der Waals surface area contributed by atoms with Crippen LogP contribution in [0.25, 0.3) is 10.9 Å². The number of amides is 2. The third-order valence-corrected chi connectivity index (χ3v) is 6.56. The number of nitrogens with zero attached hydrogens (tertiary/aromatic N) is 3. The van der Waals surface area contributed by atoms with Gasteiger partial charge in [-0.1, -0.05) is 36.4 Å². The zero-order valence-electron chi connectivity index (χ0n) is 17.5. The number of piperazine rings is 1. The van der Waals surface area contributed by atoms with Gasteiger partial charge in [0.1, 0.15) is 6.54 Å². The standard InChI is InChI=1S/C24H26N4O2/c1-25-11-13-27(14-12-25)22(29)16-28-23(18-8-3-4-9-19(18)24(28)30)20-15-26(2)21-10-6-5-7-17(20)21/h3-10,15,23H,11-14,16H2,1-2H3/p+1/t23-/m0/s1. The molecule has 3 aromatic rings. The Morgan fingerprint density at radius 2 is 1.73 bits per heavy atom. The van der Waals surface area contributed by atoms with Gasteiger partial charge in [-0.3, -0.25) is 9.59 Å². The molecule has 2 aliphatic heterocycles. The molecule has 2 amide bonds. The van der Waals surface area contributed by atoms with Crippen molar-refractivity contribution in [2.45, 2.75) is 6.04 Å². The molecule has 30 heavy (non-hydrogen) atoms. The molecule has 1 atom stereocenters. The predicted molar refractivity (Wildman–Crippen MR) is 115 cm³/mol. The minimum atomic E-state index is -0.248. The summed E-state index contributed by atoms with van der Waals surface area (Å²) >= 11 is 0. The maximum absolute atomic E-state index is 13.3. The van der Waals surface area contributed by atoms with Crippen molar-refractivity contribution in [1.82, 2.24) is 14.4 Å². The Labute approximate surface area is 176 Å². The number of aryl methyl sites for hydroxylation is 1. The minimum Gasteiger partial charge on any atom is -0.350 e. The van der Waals surface area contributed by atoms with Crippen molar-refractivity contribution >= 4 is 22.7 Å². The summed E-state index contributed by atoms with van der Waals surface area (Å²) in [7, 11) is 4.18. The van der Waals surface area contributed by atoms with Crippen molar-refractivity contribution < 1.29 is 14.5 Å². The number of fused-ring (bicyclic) bond motifs is 2. The number of para-hydroxylation sites is 1. The van der Waals surface area contributed by atoms with Gasteiger partial charge >= 0.3 is 0 Å². The van der Waals surface area contributed by atoms with Crippen LogP contribution in [-0.4, -0.2) is 66.0 Å². The number of nitrogens with one attached hydrogen (secondary N) is 1. The van der Waals surface area contributed by atoms with Crippen molar-refractivity contribution in [2.75, 3.05) is 39.8 Å². The van der Waals surface area contributed by atoms with E-state index in [-0.39, 0.29) is 24.4 Å². The Morgan fingerprint density at radius 3 is 2.53 bits per heavy atom. The van der Waals surface area contributed by atoms with Crippen LogP contribution in [0.2, 0.25) is 0 Å². The van der Waals surface area contributed by atoms with Crippen molar-refractivity contribution in [3.8, 4) is 0 Å². The average Bonchev–Trinajstić information content (AvgIpc) is 3.23. The number of quaternary nitrogens is 1. The van der Waals surface area contributed by atoms with Crippen LogP contribution in [0, 0.1) is 0 Å². The van der Waals surface area contributed by atoms with Crippen molar-refractivity contribution in [3.63, 3.8) is 0 Å². The molecular weight excluding hydrogens is 376 g/mol. The fourth-order valence-corrected chi connectivity index (χ4v) is 4.84. The quantitative estimate of drug-likeness (QED) is 0.712. The van der Waals surface area contributed by atoms with E-state index < -0.39 is 0 Å². The monoisotopic (exact) mass is 403 g/mol. The Bertz CT molecular complexity index is 1130. The number of aromatic nitrogens is 1. The smallest absolute Gasteiger partial charge is 0.255 e. The van der Waals surface area contributed by atoms with Crippen LogP contribution < -0.4 is 4.90 Å². The van der Waals surface area contributed by atoms with Gasteiger partial charge in [0.2, 0.25) is 5.91 Å². The molecule has 0 radical (unpaired) electrons. The number of benzene rings is 2. The second kappa shape index (κ2) is 7.29. The first-order valence-corrected chi connectivity index (χ1v) is 10.6. The van der Waals surface area contributed by atoms with Crippen LogP contribution in [-0.2, 0) is 11.8 Å². The second-order valence-electron chi connectivity index (χ2n) is 8.47. The highest BCUT2D eigenvalue weighted by atomic mass is 16.2. The molecule has 1 aromatic heterocycles. The van der Waals surface area contributed by atoms with Gasteiger partial charge in [0, 0.05) is 35.3 Å². The number of hydrogen-bond acceptors (Lipinski definition) is 2. The van der Waals surface area contributed by atoms with Crippen LogP contribution >= 0.6 is 0 Å². The maximum Gasteiger partial charge on any atom is 0.255 e. The summed E-state index contributed by atoms with van der Waals surface area (Å²) < 4.78 is 2.10. The lowest BCUT2D eigenvalue weighted by atomic mass is 9.97. The first-order valence-electron chi connectivity index (χ1n) is 10.6. The molecule has 0 unspecified atom stereocenters. The van der Waals surface area contributed by atoms with Crippen LogP contribution in [0.4, 0.5) is 0 Å². The lowest BCUT2D eigenvalue weighted by Crippen LogP contribution is -3.12. The predicted octanol–water partition coefficient (Wildman–Crippen LogP) is 1.08. The molecule has 6 nitrogen and oxygen atoms in total. The Balaban J connectivity index is 1.54. The number of rotatable bonds is 3. The summed E-state index contributed by atoms with van der Waals surface area (Å²) in [5, 5.41) is 1.12. The summed E-state index contributed by atoms with van der Waals surface area (Å²) in [5.74, 6) is -0.0227. The fraction of sp³-hybridized carbons (Fsp3) is 0.333. The molecule has 5 rings (SSSR count). The van der Waals surface area contributed by atoms with Gasteiger partial charge < -0.3 is 19.3 Å². The third-order valence-electron chi connectivity index (χ3n) is 6.56. The van der Waals surface area contributed by atoms with E-state index in [4.69, 9.17) is 0 Å². The van der Waals surface area contributed by atoms with Crippen molar-refractivity contribution in [1.29, 1.82) is 0 Å². The van der Waals surface area contributed by atoms with Crippen LogP contribution in [0.5, 0.6) is 0 Å². The SMILES string of the molecule is Cn1cc([C@@H]2c3ccccc3C(=O)N2CC(=O)N2CC[NH+](C)CC2)c2ccccc21. The molecule has 0 saturated carbocycles. The normalized spacial score (nSPS) is 19.5. The van der Waals surface area contributed by atoms with Crippen LogP contribution in [0.3, 0.4) is 0 Å². The first-order chi connectivity index (χ1) is 14.5. The topological polar surface area (TPSA) is 50.0 Å². The van der Waals surface area contributed by atoms with Crippen molar-refractivity contribution in [2.24, 2.45) is 7.05 Å². The van der Waals surface area contributed by atoms with E-state index >= 15 is 0 Å². The molecule has 1 fully saturated rings. The molecule has 0 aliphatic carbocycles. The lowest BCUT2D eigenvalue weighted by Gasteiger charge is -2.32. The van der Waals surface area contributed by atoms with Crippen LogP contribution in [0.1, 0.15) is 27.5 Å². The van der Waals surface area contributed by atoms with Gasteiger partial charge in [-0.05, 0) is 17.7 Å². The molecule has 0 bridgehead atoms. The summed E-state index contributed by atoms with van der Waals surface area (Å²) in [4.78, 5) is 31.6. The van der Waals surface area contributed by atoms with Gasteiger partial charge in [-0.15, -0.1) is 0 Å². The highest BCUT2D eigenvalue weighted by Gasteiger charge is 2.40. The molecular formula is C24H27N4O2+. The molecule has 3 heterocycles. The Morgan fingerprint density at radius 1 is 1.03 bits per heavy atom. The van der Waals surface area contributed by atoms with E-state index in [9.17, 15) is 9.59 Å². The third kappa shape index (κ3) is 2.99. The Kier molecular flexibility index (Phi) is 4.59. The highest BCUT2D eigenvalue weighted by molar-refractivity contribution is 6.02. The zero-order valence-corrected chi connectivity index (χ0v) is 17.5. The van der Waals surface area contributed by atoms with E-state index in [1.807, 2.05) is 48.3 Å². The van der Waals surface area contributed by atoms with Gasteiger partial charge in [0.15, 0.2) is 0 Å². The average molecular weight is 404 g/mol. The van der Waals surface area contributed by atoms with Gasteiger partial charge in [0.25, 0.3) is 5.91 Å². The van der Waals surface area contributed by atoms with Gasteiger partial charge in [0.05, 0.1) is 39.3 Å². The van der Waals surface area contributed by atoms with E-state index in [0.717, 1.165) is 48.2 Å². The molecule has 6 heteroatoms. The van der Waals surface area contributed by atoms with Crippen LogP contribution in [0.15, 0.2) is 54.7 Å². The number of hydrogen-bond donors (Lipinski definition) is 1. The molecule has 1 N–H and O–H groups in total. The molecule has 1 saturated heterocycles.